The third-order valence-corrected chi connectivity index (χ3v) is 6.33. The second-order valence-corrected chi connectivity index (χ2v) is 10.2. The number of aliphatic hydroxyl groups excluding tert-OH is 1. The van der Waals surface area contributed by atoms with Crippen LogP contribution < -0.4 is 16.4 Å². The molecule has 11 nitrogen and oxygen atoms in total. The van der Waals surface area contributed by atoms with Crippen LogP contribution in [0.1, 0.15) is 37.7 Å². The molecule has 0 fully saturated rings. The van der Waals surface area contributed by atoms with E-state index in [4.69, 9.17) is 4.52 Å². The van der Waals surface area contributed by atoms with E-state index in [1.165, 1.54) is 31.6 Å². The molecule has 0 aliphatic carbocycles. The Morgan fingerprint density at radius 1 is 1.13 bits per heavy atom. The number of halogens is 1. The molecule has 0 spiro atoms. The minimum Gasteiger partial charge on any atom is -0.392 e. The Balaban J connectivity index is 1.66. The Bertz CT molecular complexity index is 1850. The number of aliphatic hydroxyl groups is 1. The van der Waals surface area contributed by atoms with Crippen LogP contribution in [0.25, 0.3) is 27.8 Å². The number of aryl methyl sites for hydroxylation is 2. The van der Waals surface area contributed by atoms with Gasteiger partial charge >= 0.3 is 0 Å². The summed E-state index contributed by atoms with van der Waals surface area (Å²) in [7, 11) is 1.48. The van der Waals surface area contributed by atoms with Gasteiger partial charge in [-0.2, -0.15) is 14.9 Å². The summed E-state index contributed by atoms with van der Waals surface area (Å²) in [5.74, 6) is 0.241. The second-order valence-electron chi connectivity index (χ2n) is 10.2. The highest BCUT2D eigenvalue weighted by molar-refractivity contribution is 5.82. The van der Waals surface area contributed by atoms with Crippen molar-refractivity contribution in [3.8, 4) is 17.1 Å². The van der Waals surface area contributed by atoms with Crippen molar-refractivity contribution in [1.82, 2.24) is 29.7 Å². The van der Waals surface area contributed by atoms with Gasteiger partial charge in [0.1, 0.15) is 17.3 Å². The second kappa shape index (κ2) is 9.55. The van der Waals surface area contributed by atoms with E-state index in [9.17, 15) is 14.7 Å². The van der Waals surface area contributed by atoms with Crippen molar-refractivity contribution >= 4 is 22.3 Å². The number of pyridine rings is 1. The zero-order valence-electron chi connectivity index (χ0n) is 22.0. The van der Waals surface area contributed by atoms with E-state index in [-0.39, 0.29) is 27.9 Å². The lowest BCUT2D eigenvalue weighted by molar-refractivity contribution is 0.281. The first-order valence-electron chi connectivity index (χ1n) is 12.1. The van der Waals surface area contributed by atoms with Crippen molar-refractivity contribution in [3.05, 3.63) is 86.1 Å². The molecule has 2 N–H and O–H groups in total. The van der Waals surface area contributed by atoms with Gasteiger partial charge in [0.05, 0.1) is 23.9 Å². The van der Waals surface area contributed by atoms with Crippen molar-refractivity contribution in [2.45, 2.75) is 39.7 Å². The highest BCUT2D eigenvalue weighted by Crippen LogP contribution is 2.29. The van der Waals surface area contributed by atoms with E-state index in [2.05, 4.69) is 25.7 Å². The average Bonchev–Trinajstić information content (AvgIpc) is 3.30. The van der Waals surface area contributed by atoms with Gasteiger partial charge < -0.3 is 14.9 Å². The zero-order valence-corrected chi connectivity index (χ0v) is 22.0. The normalized spacial score (nSPS) is 11.8. The van der Waals surface area contributed by atoms with E-state index < -0.39 is 23.5 Å². The van der Waals surface area contributed by atoms with Gasteiger partial charge in [-0.15, -0.1) is 0 Å². The highest BCUT2D eigenvalue weighted by Gasteiger charge is 2.22. The Labute approximate surface area is 221 Å². The van der Waals surface area contributed by atoms with Crippen LogP contribution >= 0.6 is 0 Å². The quantitative estimate of drug-likeness (QED) is 0.348. The van der Waals surface area contributed by atoms with Crippen LogP contribution in [0.2, 0.25) is 0 Å². The fraction of sp³-hybridized carbons (Fsp3) is 0.259. The lowest BCUT2D eigenvalue weighted by Gasteiger charge is -2.20. The smallest absolute Gasteiger partial charge is 0.290 e. The molecule has 0 aliphatic rings. The number of hydrogen-bond donors (Lipinski definition) is 2. The van der Waals surface area contributed by atoms with Crippen LogP contribution in [0.4, 0.5) is 15.9 Å². The number of nitrogens with one attached hydrogen (secondary N) is 1. The lowest BCUT2D eigenvalue weighted by atomic mass is 9.86. The number of anilines is 2. The van der Waals surface area contributed by atoms with Gasteiger partial charge in [-0.05, 0) is 42.2 Å². The first-order valence-corrected chi connectivity index (χ1v) is 12.1. The maximum atomic E-state index is 15.2. The molecular formula is C27H26FN7O4. The largest absolute Gasteiger partial charge is 0.392 e. The van der Waals surface area contributed by atoms with Crippen LogP contribution in [0.3, 0.4) is 0 Å². The van der Waals surface area contributed by atoms with Crippen molar-refractivity contribution < 1.29 is 14.0 Å². The molecule has 0 saturated carbocycles. The third kappa shape index (κ3) is 4.70. The summed E-state index contributed by atoms with van der Waals surface area (Å²) in [4.78, 5) is 30.4. The van der Waals surface area contributed by atoms with Crippen molar-refractivity contribution in [2.75, 3.05) is 5.32 Å². The van der Waals surface area contributed by atoms with E-state index in [0.29, 0.717) is 28.2 Å². The summed E-state index contributed by atoms with van der Waals surface area (Å²) in [5, 5.41) is 25.9. The van der Waals surface area contributed by atoms with Crippen molar-refractivity contribution in [1.29, 1.82) is 0 Å². The molecule has 39 heavy (non-hydrogen) atoms. The molecule has 1 aromatic carbocycles. The molecular weight excluding hydrogens is 505 g/mol. The van der Waals surface area contributed by atoms with Gasteiger partial charge in [0.25, 0.3) is 11.1 Å². The maximum absolute atomic E-state index is 15.2. The van der Waals surface area contributed by atoms with Crippen LogP contribution in [0.5, 0.6) is 0 Å². The SMILES string of the molecule is Cc1cc(Nc2cc(-c3ccnc(-n4ncc5cc(C(C)(C)C)cc(F)c5c4=O)c3CO)nn(C)c2=O)no1. The number of nitrogens with zero attached hydrogens (tertiary/aromatic N) is 6. The molecule has 0 unspecified atom stereocenters. The first-order chi connectivity index (χ1) is 18.5. The summed E-state index contributed by atoms with van der Waals surface area (Å²) in [6.07, 6.45) is 2.82. The molecule has 0 amide bonds. The Kier molecular flexibility index (Phi) is 6.35. The minimum atomic E-state index is -0.720. The fourth-order valence-electron chi connectivity index (χ4n) is 4.27. The number of benzene rings is 1. The predicted octanol–water partition coefficient (Wildman–Crippen LogP) is 3.51. The predicted molar refractivity (Wildman–Crippen MR) is 143 cm³/mol. The molecule has 200 valence electrons. The molecule has 0 aliphatic heterocycles. The summed E-state index contributed by atoms with van der Waals surface area (Å²) < 4.78 is 22.3. The van der Waals surface area contributed by atoms with E-state index >= 15 is 4.39 Å². The van der Waals surface area contributed by atoms with Gasteiger partial charge in [0.2, 0.25) is 0 Å². The molecule has 5 rings (SSSR count). The number of rotatable bonds is 5. The number of fused-ring (bicyclic) bond motifs is 1. The van der Waals surface area contributed by atoms with Gasteiger partial charge in [0.15, 0.2) is 11.6 Å². The molecule has 4 aromatic heterocycles. The molecule has 4 heterocycles. The van der Waals surface area contributed by atoms with Crippen LogP contribution in [0.15, 0.2) is 56.8 Å². The van der Waals surface area contributed by atoms with Gasteiger partial charge in [-0.1, -0.05) is 25.9 Å². The molecule has 0 radical (unpaired) electrons. The molecule has 12 heteroatoms. The zero-order chi connectivity index (χ0) is 28.1. The van der Waals surface area contributed by atoms with E-state index in [1.807, 2.05) is 20.8 Å². The fourth-order valence-corrected chi connectivity index (χ4v) is 4.27. The van der Waals surface area contributed by atoms with Crippen LogP contribution in [-0.2, 0) is 19.1 Å². The Hall–Kier alpha value is -4.71. The van der Waals surface area contributed by atoms with E-state index in [0.717, 1.165) is 14.9 Å². The Morgan fingerprint density at radius 3 is 2.56 bits per heavy atom. The number of hydrogen-bond acceptors (Lipinski definition) is 9. The molecule has 0 atom stereocenters. The molecule has 0 saturated heterocycles. The molecule has 0 bridgehead atoms. The summed E-state index contributed by atoms with van der Waals surface area (Å²) in [6.45, 7) is 7.04. The lowest BCUT2D eigenvalue weighted by Crippen LogP contribution is -2.25. The topological polar surface area (TPSA) is 141 Å². The van der Waals surface area contributed by atoms with Crippen LogP contribution in [-0.4, -0.2) is 34.8 Å². The monoisotopic (exact) mass is 531 g/mol. The maximum Gasteiger partial charge on any atom is 0.290 e. The highest BCUT2D eigenvalue weighted by atomic mass is 19.1. The van der Waals surface area contributed by atoms with Gasteiger partial charge in [-0.3, -0.25) is 9.59 Å². The summed E-state index contributed by atoms with van der Waals surface area (Å²) >= 11 is 0. The van der Waals surface area contributed by atoms with Crippen molar-refractivity contribution in [3.63, 3.8) is 0 Å². The van der Waals surface area contributed by atoms with Gasteiger partial charge in [-0.25, -0.2) is 14.1 Å². The van der Waals surface area contributed by atoms with E-state index in [1.54, 1.807) is 25.1 Å². The standard InChI is InChI=1S/C27H26FN7O4/c1-14-8-22(33-39-14)31-21-11-20(32-34(5)25(21)37)17-6-7-29-24(18(17)13-36)35-26(38)23-15(12-30-35)9-16(10-19(23)28)27(2,3)4/h6-12,36H,13H2,1-5H3,(H,31,33). The summed E-state index contributed by atoms with van der Waals surface area (Å²) in [6, 6.07) is 7.81. The molecule has 5 aromatic rings. The Morgan fingerprint density at radius 2 is 1.90 bits per heavy atom. The average molecular weight is 532 g/mol. The van der Waals surface area contributed by atoms with Crippen molar-refractivity contribution in [2.24, 2.45) is 7.05 Å². The summed E-state index contributed by atoms with van der Waals surface area (Å²) in [5.41, 5.74) is 0.347. The van der Waals surface area contributed by atoms with Gasteiger partial charge in [0, 0.05) is 35.8 Å². The first kappa shape index (κ1) is 25.9. The van der Waals surface area contributed by atoms with Crippen LogP contribution in [0, 0.1) is 12.7 Å². The third-order valence-electron chi connectivity index (χ3n) is 6.33. The minimum absolute atomic E-state index is 0.0125. The number of aromatic nitrogens is 6.